The molecule has 0 unspecified atom stereocenters. The van der Waals surface area contributed by atoms with Crippen molar-refractivity contribution in [3.8, 4) is 5.75 Å². The van der Waals surface area contributed by atoms with Gasteiger partial charge < -0.3 is 9.47 Å². The van der Waals surface area contributed by atoms with Crippen LogP contribution in [-0.4, -0.2) is 31.6 Å². The molecule has 102 valence electrons. The topological polar surface area (TPSA) is 55.8 Å². The Morgan fingerprint density at radius 2 is 2.26 bits per heavy atom. The molecule has 0 fully saturated rings. The number of hydrogen-bond donors (Lipinski definition) is 0. The van der Waals surface area contributed by atoms with E-state index in [4.69, 9.17) is 9.47 Å². The predicted octanol–water partition coefficient (Wildman–Crippen LogP) is 2.05. The van der Waals surface area contributed by atoms with E-state index in [1.54, 1.807) is 13.0 Å². The van der Waals surface area contributed by atoms with Gasteiger partial charge in [0.05, 0.1) is 12.3 Å². The Labute approximate surface area is 119 Å². The maximum Gasteiger partial charge on any atom is 0.326 e. The number of rotatable bonds is 3. The van der Waals surface area contributed by atoms with E-state index < -0.39 is 5.97 Å². The third-order valence-electron chi connectivity index (χ3n) is 2.74. The number of anilines is 1. The Hall–Kier alpha value is -1.56. The van der Waals surface area contributed by atoms with Gasteiger partial charge in [-0.2, -0.15) is 0 Å². The smallest absolute Gasteiger partial charge is 0.326 e. The summed E-state index contributed by atoms with van der Waals surface area (Å²) in [5.74, 6) is -0.0496. The summed E-state index contributed by atoms with van der Waals surface area (Å²) in [4.78, 5) is 24.9. The minimum atomic E-state index is -0.429. The molecule has 19 heavy (non-hydrogen) atoms. The second kappa shape index (κ2) is 5.61. The number of amides is 1. The Morgan fingerprint density at radius 3 is 2.95 bits per heavy atom. The van der Waals surface area contributed by atoms with Crippen molar-refractivity contribution >= 4 is 33.5 Å². The van der Waals surface area contributed by atoms with E-state index >= 15 is 0 Å². The minimum Gasteiger partial charge on any atom is -0.481 e. The lowest BCUT2D eigenvalue weighted by Gasteiger charge is -2.29. The van der Waals surface area contributed by atoms with Gasteiger partial charge in [-0.05, 0) is 31.5 Å². The highest BCUT2D eigenvalue weighted by molar-refractivity contribution is 9.10. The van der Waals surface area contributed by atoms with Crippen molar-refractivity contribution in [3.63, 3.8) is 0 Å². The molecule has 0 atom stereocenters. The second-order valence-corrected chi connectivity index (χ2v) is 5.06. The lowest BCUT2D eigenvalue weighted by molar-refractivity contribution is -0.142. The molecule has 5 nitrogen and oxygen atoms in total. The highest BCUT2D eigenvalue weighted by Gasteiger charge is 2.29. The molecule has 0 saturated carbocycles. The van der Waals surface area contributed by atoms with Crippen LogP contribution in [0.15, 0.2) is 16.6 Å². The Bertz CT molecular complexity index is 530. The zero-order chi connectivity index (χ0) is 14.0. The molecule has 1 aromatic carbocycles. The van der Waals surface area contributed by atoms with Gasteiger partial charge in [-0.15, -0.1) is 0 Å². The molecule has 0 aromatic heterocycles. The Morgan fingerprint density at radius 1 is 1.53 bits per heavy atom. The number of halogens is 1. The molecule has 1 aliphatic rings. The number of aryl methyl sites for hydroxylation is 1. The van der Waals surface area contributed by atoms with Gasteiger partial charge >= 0.3 is 5.97 Å². The van der Waals surface area contributed by atoms with Crippen molar-refractivity contribution in [3.05, 3.63) is 22.2 Å². The number of benzene rings is 1. The molecule has 2 rings (SSSR count). The van der Waals surface area contributed by atoms with Gasteiger partial charge in [-0.1, -0.05) is 15.9 Å². The van der Waals surface area contributed by atoms with Gasteiger partial charge in [0.2, 0.25) is 0 Å². The molecule has 0 saturated heterocycles. The van der Waals surface area contributed by atoms with Gasteiger partial charge in [0, 0.05) is 4.47 Å². The molecule has 0 N–H and O–H groups in total. The molecule has 0 bridgehead atoms. The van der Waals surface area contributed by atoms with Crippen molar-refractivity contribution in [1.82, 2.24) is 0 Å². The summed E-state index contributed by atoms with van der Waals surface area (Å²) in [5, 5.41) is 0. The number of hydrogen-bond acceptors (Lipinski definition) is 4. The fourth-order valence-corrected chi connectivity index (χ4v) is 2.52. The largest absolute Gasteiger partial charge is 0.481 e. The maximum absolute atomic E-state index is 11.9. The number of fused-ring (bicyclic) bond motifs is 1. The SMILES string of the molecule is CCOC(=O)CN1C(=O)COc2c(C)cc(Br)cc21. The monoisotopic (exact) mass is 327 g/mol. The van der Waals surface area contributed by atoms with Crippen LogP contribution in [0, 0.1) is 6.92 Å². The molecule has 0 aliphatic carbocycles. The minimum absolute atomic E-state index is 0.0606. The lowest BCUT2D eigenvalue weighted by Crippen LogP contribution is -2.42. The van der Waals surface area contributed by atoms with Crippen LogP contribution < -0.4 is 9.64 Å². The van der Waals surface area contributed by atoms with Crippen LogP contribution in [0.25, 0.3) is 0 Å². The predicted molar refractivity (Wildman–Crippen MR) is 73.4 cm³/mol. The van der Waals surface area contributed by atoms with E-state index in [2.05, 4.69) is 15.9 Å². The van der Waals surface area contributed by atoms with Crippen LogP contribution >= 0.6 is 15.9 Å². The number of esters is 1. The zero-order valence-electron chi connectivity index (χ0n) is 10.7. The van der Waals surface area contributed by atoms with E-state index in [1.807, 2.05) is 13.0 Å². The average Bonchev–Trinajstić information content (AvgIpc) is 2.33. The fourth-order valence-electron chi connectivity index (χ4n) is 1.96. The molecule has 0 radical (unpaired) electrons. The molecule has 1 aromatic rings. The van der Waals surface area contributed by atoms with E-state index in [0.29, 0.717) is 18.0 Å². The summed E-state index contributed by atoms with van der Waals surface area (Å²) in [5.41, 5.74) is 1.50. The van der Waals surface area contributed by atoms with Crippen LogP contribution in [0.2, 0.25) is 0 Å². The first-order valence-electron chi connectivity index (χ1n) is 5.92. The van der Waals surface area contributed by atoms with Crippen molar-refractivity contribution in [1.29, 1.82) is 0 Å². The van der Waals surface area contributed by atoms with Crippen LogP contribution in [-0.2, 0) is 14.3 Å². The van der Waals surface area contributed by atoms with Gasteiger partial charge in [0.15, 0.2) is 6.61 Å². The number of nitrogens with zero attached hydrogens (tertiary/aromatic N) is 1. The molecular formula is C13H14BrNO4. The Balaban J connectivity index is 2.35. The van der Waals surface area contributed by atoms with Crippen LogP contribution in [0.4, 0.5) is 5.69 Å². The highest BCUT2D eigenvalue weighted by Crippen LogP contribution is 2.37. The third kappa shape index (κ3) is 2.89. The average molecular weight is 328 g/mol. The summed E-state index contributed by atoms with van der Waals surface area (Å²) < 4.78 is 11.1. The summed E-state index contributed by atoms with van der Waals surface area (Å²) in [6.07, 6.45) is 0. The van der Waals surface area contributed by atoms with Crippen molar-refractivity contribution in [2.75, 3.05) is 24.7 Å². The number of carbonyl (C=O) groups excluding carboxylic acids is 2. The van der Waals surface area contributed by atoms with Crippen LogP contribution in [0.5, 0.6) is 5.75 Å². The first kappa shape index (κ1) is 13.9. The molecule has 6 heteroatoms. The normalized spacial score (nSPS) is 13.8. The van der Waals surface area contributed by atoms with E-state index in [0.717, 1.165) is 10.0 Å². The first-order chi connectivity index (χ1) is 9.02. The zero-order valence-corrected chi connectivity index (χ0v) is 12.3. The van der Waals surface area contributed by atoms with Crippen molar-refractivity contribution in [2.24, 2.45) is 0 Å². The number of ether oxygens (including phenoxy) is 2. The molecule has 1 amide bonds. The highest BCUT2D eigenvalue weighted by atomic mass is 79.9. The van der Waals surface area contributed by atoms with Crippen LogP contribution in [0.3, 0.4) is 0 Å². The Kier molecular flexibility index (Phi) is 4.09. The summed E-state index contributed by atoms with van der Waals surface area (Å²) >= 11 is 3.38. The van der Waals surface area contributed by atoms with Gasteiger partial charge in [-0.3, -0.25) is 14.5 Å². The molecule has 1 heterocycles. The van der Waals surface area contributed by atoms with Gasteiger partial charge in [-0.25, -0.2) is 0 Å². The molecule has 0 spiro atoms. The summed E-state index contributed by atoms with van der Waals surface area (Å²) in [6, 6.07) is 3.66. The number of carbonyl (C=O) groups is 2. The quantitative estimate of drug-likeness (QED) is 0.797. The van der Waals surface area contributed by atoms with Gasteiger partial charge in [0.1, 0.15) is 12.3 Å². The van der Waals surface area contributed by atoms with Crippen molar-refractivity contribution < 1.29 is 19.1 Å². The standard InChI is InChI=1S/C13H14BrNO4/c1-3-18-12(17)6-15-10-5-9(14)4-8(2)13(10)19-7-11(15)16/h4-5H,3,6-7H2,1-2H3. The maximum atomic E-state index is 11.9. The lowest BCUT2D eigenvalue weighted by atomic mass is 10.1. The fraction of sp³-hybridized carbons (Fsp3) is 0.385. The summed E-state index contributed by atoms with van der Waals surface area (Å²) in [6.45, 7) is 3.76. The molecule has 1 aliphatic heterocycles. The van der Waals surface area contributed by atoms with E-state index in [1.165, 1.54) is 4.90 Å². The molecular weight excluding hydrogens is 314 g/mol. The third-order valence-corrected chi connectivity index (χ3v) is 3.20. The van der Waals surface area contributed by atoms with Crippen molar-refractivity contribution in [2.45, 2.75) is 13.8 Å². The summed E-state index contributed by atoms with van der Waals surface area (Å²) in [7, 11) is 0. The first-order valence-corrected chi connectivity index (χ1v) is 6.71. The second-order valence-electron chi connectivity index (χ2n) is 4.14. The van der Waals surface area contributed by atoms with Gasteiger partial charge in [0.25, 0.3) is 5.91 Å². The van der Waals surface area contributed by atoms with E-state index in [9.17, 15) is 9.59 Å². The van der Waals surface area contributed by atoms with E-state index in [-0.39, 0.29) is 19.1 Å². The van der Waals surface area contributed by atoms with Crippen LogP contribution in [0.1, 0.15) is 12.5 Å².